The number of benzene rings is 1. The summed E-state index contributed by atoms with van der Waals surface area (Å²) >= 11 is 0. The lowest BCUT2D eigenvalue weighted by atomic mass is 10.2. The van der Waals surface area contributed by atoms with Gasteiger partial charge in [-0.25, -0.2) is 9.18 Å². The lowest BCUT2D eigenvalue weighted by Gasteiger charge is -2.19. The van der Waals surface area contributed by atoms with Crippen LogP contribution in [0.25, 0.3) is 0 Å². The number of anilines is 1. The summed E-state index contributed by atoms with van der Waals surface area (Å²) in [4.78, 5) is 11.9. The topological polar surface area (TPSA) is 68.8 Å². The van der Waals surface area contributed by atoms with E-state index in [1.165, 1.54) is 12.1 Å². The number of ether oxygens (including phenoxy) is 3. The Bertz CT molecular complexity index is 512. The summed E-state index contributed by atoms with van der Waals surface area (Å²) in [6.07, 6.45) is -0.180. The van der Waals surface area contributed by atoms with E-state index < -0.39 is 11.8 Å². The number of carbonyl (C=O) groups is 1. The smallest absolute Gasteiger partial charge is 0.319 e. The summed E-state index contributed by atoms with van der Waals surface area (Å²) in [5.74, 6) is -0.128. The van der Waals surface area contributed by atoms with Crippen molar-refractivity contribution in [1.29, 1.82) is 0 Å². The standard InChI is InChI=1S/C15H21FN2O4/c1-3-21-10-5-6-12(11(16)7-10)17-15(19)18-13-8-20-9-14(13)22-4-2/h5-7,13-14H,3-4,8-9H2,1-2H3,(H2,17,18,19)/t13-,14-/m0/s1. The zero-order valence-corrected chi connectivity index (χ0v) is 12.7. The molecule has 1 heterocycles. The molecule has 0 bridgehead atoms. The van der Waals surface area contributed by atoms with E-state index in [2.05, 4.69) is 10.6 Å². The molecular formula is C15H21FN2O4. The van der Waals surface area contributed by atoms with Crippen molar-refractivity contribution in [2.24, 2.45) is 0 Å². The molecule has 1 aromatic rings. The molecule has 1 fully saturated rings. The van der Waals surface area contributed by atoms with Crippen molar-refractivity contribution in [3.63, 3.8) is 0 Å². The maximum atomic E-state index is 13.9. The van der Waals surface area contributed by atoms with Crippen LogP contribution in [-0.2, 0) is 9.47 Å². The third-order valence-corrected chi connectivity index (χ3v) is 3.23. The number of halogens is 1. The first-order chi connectivity index (χ1) is 10.6. The SMILES string of the molecule is CCOc1ccc(NC(=O)N[C@H]2COC[C@@H]2OCC)c(F)c1. The fourth-order valence-corrected chi connectivity index (χ4v) is 2.23. The number of nitrogens with one attached hydrogen (secondary N) is 2. The summed E-state index contributed by atoms with van der Waals surface area (Å²) in [6.45, 7) is 5.51. The maximum absolute atomic E-state index is 13.9. The average Bonchev–Trinajstić information content (AvgIpc) is 2.90. The number of amides is 2. The molecule has 6 nitrogen and oxygen atoms in total. The van der Waals surface area contributed by atoms with Crippen molar-refractivity contribution in [3.8, 4) is 5.75 Å². The highest BCUT2D eigenvalue weighted by Crippen LogP contribution is 2.20. The van der Waals surface area contributed by atoms with E-state index in [1.807, 2.05) is 13.8 Å². The van der Waals surface area contributed by atoms with Gasteiger partial charge in [0.05, 0.1) is 31.5 Å². The van der Waals surface area contributed by atoms with Crippen molar-refractivity contribution >= 4 is 11.7 Å². The van der Waals surface area contributed by atoms with Crippen LogP contribution < -0.4 is 15.4 Å². The molecule has 1 aliphatic heterocycles. The van der Waals surface area contributed by atoms with Gasteiger partial charge in [-0.3, -0.25) is 0 Å². The largest absolute Gasteiger partial charge is 0.494 e. The van der Waals surface area contributed by atoms with Gasteiger partial charge < -0.3 is 24.8 Å². The van der Waals surface area contributed by atoms with Crippen LogP contribution in [0.2, 0.25) is 0 Å². The number of rotatable bonds is 6. The van der Waals surface area contributed by atoms with Gasteiger partial charge in [-0.05, 0) is 26.0 Å². The van der Waals surface area contributed by atoms with E-state index >= 15 is 0 Å². The van der Waals surface area contributed by atoms with Gasteiger partial charge >= 0.3 is 6.03 Å². The molecule has 1 aromatic carbocycles. The molecule has 0 unspecified atom stereocenters. The molecule has 0 saturated carbocycles. The van der Waals surface area contributed by atoms with Gasteiger partial charge in [0.1, 0.15) is 17.7 Å². The van der Waals surface area contributed by atoms with Crippen molar-refractivity contribution in [1.82, 2.24) is 5.32 Å². The fraction of sp³-hybridized carbons (Fsp3) is 0.533. The Hall–Kier alpha value is -1.86. The van der Waals surface area contributed by atoms with Crippen molar-refractivity contribution in [2.75, 3.05) is 31.7 Å². The molecule has 1 aliphatic rings. The van der Waals surface area contributed by atoms with Crippen LogP contribution >= 0.6 is 0 Å². The normalized spacial score (nSPS) is 20.7. The Kier molecular flexibility index (Phi) is 5.97. The summed E-state index contributed by atoms with van der Waals surface area (Å²) in [7, 11) is 0. The molecule has 2 amide bonds. The first-order valence-corrected chi connectivity index (χ1v) is 7.33. The molecule has 1 saturated heterocycles. The summed E-state index contributed by atoms with van der Waals surface area (Å²) in [5, 5.41) is 5.21. The number of carbonyl (C=O) groups excluding carboxylic acids is 1. The first-order valence-electron chi connectivity index (χ1n) is 7.33. The minimum Gasteiger partial charge on any atom is -0.494 e. The van der Waals surface area contributed by atoms with E-state index in [9.17, 15) is 9.18 Å². The van der Waals surface area contributed by atoms with Gasteiger partial charge in [-0.1, -0.05) is 0 Å². The van der Waals surface area contributed by atoms with Gasteiger partial charge in [-0.2, -0.15) is 0 Å². The van der Waals surface area contributed by atoms with Gasteiger partial charge in [0.15, 0.2) is 0 Å². The van der Waals surface area contributed by atoms with Crippen LogP contribution in [0.5, 0.6) is 5.75 Å². The quantitative estimate of drug-likeness (QED) is 0.844. The number of hydrogen-bond donors (Lipinski definition) is 2. The van der Waals surface area contributed by atoms with Crippen LogP contribution in [0, 0.1) is 5.82 Å². The van der Waals surface area contributed by atoms with E-state index in [4.69, 9.17) is 14.2 Å². The summed E-state index contributed by atoms with van der Waals surface area (Å²) in [6, 6.07) is 3.56. The van der Waals surface area contributed by atoms with E-state index in [-0.39, 0.29) is 17.8 Å². The fourth-order valence-electron chi connectivity index (χ4n) is 2.23. The van der Waals surface area contributed by atoms with Gasteiger partial charge in [0, 0.05) is 12.7 Å². The second kappa shape index (κ2) is 7.95. The van der Waals surface area contributed by atoms with Crippen LogP contribution in [0.1, 0.15) is 13.8 Å². The zero-order chi connectivity index (χ0) is 15.9. The van der Waals surface area contributed by atoms with Crippen molar-refractivity contribution < 1.29 is 23.4 Å². The molecule has 0 aromatic heterocycles. The maximum Gasteiger partial charge on any atom is 0.319 e. The highest BCUT2D eigenvalue weighted by atomic mass is 19.1. The van der Waals surface area contributed by atoms with E-state index in [1.54, 1.807) is 6.07 Å². The molecule has 2 atom stereocenters. The zero-order valence-electron chi connectivity index (χ0n) is 12.7. The number of urea groups is 1. The van der Waals surface area contributed by atoms with Gasteiger partial charge in [-0.15, -0.1) is 0 Å². The monoisotopic (exact) mass is 312 g/mol. The van der Waals surface area contributed by atoms with Crippen molar-refractivity contribution in [3.05, 3.63) is 24.0 Å². The molecular weight excluding hydrogens is 291 g/mol. The van der Waals surface area contributed by atoms with E-state index in [0.29, 0.717) is 32.2 Å². The van der Waals surface area contributed by atoms with Crippen LogP contribution in [0.4, 0.5) is 14.9 Å². The molecule has 7 heteroatoms. The first kappa shape index (κ1) is 16.5. The predicted molar refractivity (Wildman–Crippen MR) is 79.7 cm³/mol. The van der Waals surface area contributed by atoms with Gasteiger partial charge in [0.25, 0.3) is 0 Å². The summed E-state index contributed by atoms with van der Waals surface area (Å²) in [5.41, 5.74) is 0.0906. The molecule has 0 aliphatic carbocycles. The lowest BCUT2D eigenvalue weighted by molar-refractivity contribution is 0.0428. The highest BCUT2D eigenvalue weighted by Gasteiger charge is 2.30. The molecule has 122 valence electrons. The Morgan fingerprint density at radius 1 is 1.36 bits per heavy atom. The third kappa shape index (κ3) is 4.32. The van der Waals surface area contributed by atoms with E-state index in [0.717, 1.165) is 0 Å². The molecule has 22 heavy (non-hydrogen) atoms. The second-order valence-electron chi connectivity index (χ2n) is 4.81. The average molecular weight is 312 g/mol. The van der Waals surface area contributed by atoms with Crippen molar-refractivity contribution in [2.45, 2.75) is 26.0 Å². The minimum atomic E-state index is -0.551. The second-order valence-corrected chi connectivity index (χ2v) is 4.81. The Labute approximate surface area is 128 Å². The lowest BCUT2D eigenvalue weighted by Crippen LogP contribution is -2.45. The third-order valence-electron chi connectivity index (χ3n) is 3.23. The van der Waals surface area contributed by atoms with Crippen LogP contribution in [-0.4, -0.2) is 44.6 Å². The Morgan fingerprint density at radius 2 is 2.18 bits per heavy atom. The van der Waals surface area contributed by atoms with Crippen LogP contribution in [0.3, 0.4) is 0 Å². The number of hydrogen-bond acceptors (Lipinski definition) is 4. The molecule has 0 spiro atoms. The Balaban J connectivity index is 1.91. The summed E-state index contributed by atoms with van der Waals surface area (Å²) < 4.78 is 29.8. The predicted octanol–water partition coefficient (Wildman–Crippen LogP) is 2.15. The molecule has 2 N–H and O–H groups in total. The minimum absolute atomic E-state index is 0.0906. The van der Waals surface area contributed by atoms with Crippen LogP contribution in [0.15, 0.2) is 18.2 Å². The highest BCUT2D eigenvalue weighted by molar-refractivity contribution is 5.89. The Morgan fingerprint density at radius 3 is 2.86 bits per heavy atom. The molecule has 0 radical (unpaired) electrons. The molecule has 2 rings (SSSR count). The van der Waals surface area contributed by atoms with Gasteiger partial charge in [0.2, 0.25) is 0 Å².